The molecule has 2 unspecified atom stereocenters. The van der Waals surface area contributed by atoms with Crippen LogP contribution in [0, 0.1) is 17.8 Å². The van der Waals surface area contributed by atoms with Crippen molar-refractivity contribution in [2.24, 2.45) is 17.8 Å². The Bertz CT molecular complexity index is 1330. The summed E-state index contributed by atoms with van der Waals surface area (Å²) < 4.78 is 6.03. The summed E-state index contributed by atoms with van der Waals surface area (Å²) in [6.07, 6.45) is 9.11. The van der Waals surface area contributed by atoms with Crippen molar-refractivity contribution in [3.05, 3.63) is 47.0 Å². The molecule has 6 nitrogen and oxygen atoms in total. The van der Waals surface area contributed by atoms with Crippen LogP contribution in [0.2, 0.25) is 0 Å². The smallest absolute Gasteiger partial charge is 0.227 e. The van der Waals surface area contributed by atoms with Gasteiger partial charge in [-0.05, 0) is 73.0 Å². The number of carbonyl (C=O) groups is 1. The average molecular weight is 457 g/mol. The number of hydrogen-bond acceptors (Lipinski definition) is 4. The Morgan fingerprint density at radius 2 is 1.97 bits per heavy atom. The maximum Gasteiger partial charge on any atom is 0.227 e. The first-order valence-corrected chi connectivity index (χ1v) is 12.6. The summed E-state index contributed by atoms with van der Waals surface area (Å²) in [5.74, 6) is 1.66. The van der Waals surface area contributed by atoms with Gasteiger partial charge < -0.3 is 15.4 Å². The lowest BCUT2D eigenvalue weighted by Crippen LogP contribution is -2.40. The highest BCUT2D eigenvalue weighted by atomic mass is 16.5. The van der Waals surface area contributed by atoms with E-state index in [-0.39, 0.29) is 17.7 Å². The van der Waals surface area contributed by atoms with Crippen LogP contribution >= 0.6 is 0 Å². The molecule has 2 aromatic carbocycles. The van der Waals surface area contributed by atoms with Gasteiger partial charge in [0.25, 0.3) is 0 Å². The number of aromatic nitrogens is 2. The van der Waals surface area contributed by atoms with Crippen LogP contribution in [-0.2, 0) is 4.79 Å². The van der Waals surface area contributed by atoms with E-state index in [2.05, 4.69) is 70.2 Å². The van der Waals surface area contributed by atoms with Crippen molar-refractivity contribution in [2.75, 3.05) is 19.7 Å². The molecular formula is C28H32N4O2. The molecule has 176 valence electrons. The molecular weight excluding hydrogens is 424 g/mol. The Morgan fingerprint density at radius 3 is 2.79 bits per heavy atom. The van der Waals surface area contributed by atoms with Crippen LogP contribution in [0.15, 0.2) is 36.4 Å². The van der Waals surface area contributed by atoms with Crippen molar-refractivity contribution < 1.29 is 9.53 Å². The van der Waals surface area contributed by atoms with Gasteiger partial charge in [0.2, 0.25) is 5.91 Å². The first-order valence-electron chi connectivity index (χ1n) is 12.6. The minimum absolute atomic E-state index is 0.118. The van der Waals surface area contributed by atoms with Crippen LogP contribution < -0.4 is 25.9 Å². The zero-order chi connectivity index (χ0) is 23.1. The van der Waals surface area contributed by atoms with E-state index in [9.17, 15) is 4.79 Å². The van der Waals surface area contributed by atoms with E-state index in [1.165, 1.54) is 25.7 Å². The Labute approximate surface area is 199 Å². The van der Waals surface area contributed by atoms with Crippen molar-refractivity contribution in [3.8, 4) is 17.0 Å². The van der Waals surface area contributed by atoms with Gasteiger partial charge in [-0.3, -0.25) is 9.89 Å². The Hall–Kier alpha value is -3.12. The molecule has 0 bridgehead atoms. The van der Waals surface area contributed by atoms with Crippen molar-refractivity contribution in [2.45, 2.75) is 38.6 Å². The van der Waals surface area contributed by atoms with Crippen LogP contribution in [0.3, 0.4) is 0 Å². The Balaban J connectivity index is 1.25. The van der Waals surface area contributed by atoms with Crippen molar-refractivity contribution in [3.63, 3.8) is 0 Å². The third-order valence-electron chi connectivity index (χ3n) is 7.44. The molecule has 1 aromatic heterocycles. The van der Waals surface area contributed by atoms with Gasteiger partial charge in [-0.15, -0.1) is 0 Å². The second kappa shape index (κ2) is 8.91. The second-order valence-corrected chi connectivity index (χ2v) is 10.1. The lowest BCUT2D eigenvalue weighted by atomic mass is 9.88. The highest BCUT2D eigenvalue weighted by Crippen LogP contribution is 2.28. The van der Waals surface area contributed by atoms with Crippen molar-refractivity contribution in [1.29, 1.82) is 0 Å². The fraction of sp³-hybridized carbons (Fsp3) is 0.429. The van der Waals surface area contributed by atoms with E-state index < -0.39 is 0 Å². The molecule has 6 heteroatoms. The summed E-state index contributed by atoms with van der Waals surface area (Å²) in [7, 11) is 0. The normalized spacial score (nSPS) is 23.7. The van der Waals surface area contributed by atoms with Crippen LogP contribution in [-0.4, -0.2) is 41.8 Å². The molecule has 3 N–H and O–H groups in total. The monoisotopic (exact) mass is 456 g/mol. The summed E-state index contributed by atoms with van der Waals surface area (Å²) in [4.78, 5) is 12.9. The molecule has 1 saturated carbocycles. The second-order valence-electron chi connectivity index (χ2n) is 10.1. The number of hydrogen-bond donors (Lipinski definition) is 3. The predicted octanol–water partition coefficient (Wildman–Crippen LogP) is 2.71. The van der Waals surface area contributed by atoms with Gasteiger partial charge in [0, 0.05) is 23.4 Å². The number of carbonyl (C=O) groups excluding carboxylic acids is 1. The quantitative estimate of drug-likeness (QED) is 0.511. The molecule has 2 aliphatic carbocycles. The fourth-order valence-corrected chi connectivity index (χ4v) is 5.13. The van der Waals surface area contributed by atoms with E-state index in [0.29, 0.717) is 18.6 Å². The van der Waals surface area contributed by atoms with E-state index >= 15 is 0 Å². The summed E-state index contributed by atoms with van der Waals surface area (Å²) in [6.45, 7) is 4.70. The molecule has 0 spiro atoms. The molecule has 2 fully saturated rings. The zero-order valence-electron chi connectivity index (χ0n) is 19.6. The van der Waals surface area contributed by atoms with Gasteiger partial charge in [-0.2, -0.15) is 5.10 Å². The molecule has 2 heterocycles. The lowest BCUT2D eigenvalue weighted by molar-refractivity contribution is -0.123. The van der Waals surface area contributed by atoms with Gasteiger partial charge in [0.15, 0.2) is 0 Å². The molecule has 0 radical (unpaired) electrons. The van der Waals surface area contributed by atoms with Crippen LogP contribution in [0.1, 0.15) is 32.6 Å². The topological polar surface area (TPSA) is 79.0 Å². The van der Waals surface area contributed by atoms with E-state index in [1.807, 2.05) is 6.07 Å². The maximum absolute atomic E-state index is 12.9. The number of amides is 1. The highest BCUT2D eigenvalue weighted by molar-refractivity contribution is 5.89. The number of benzene rings is 2. The standard InChI is InChI=1S/C28H32N4O2/c1-17-11-26-25(14-24(17)28(33)30-15-18-4-5-18)27(32-31-26)21-7-6-20-13-23(9-8-19(20)12-21)34-16-22-3-2-10-29-22/h6-9,11-14,17-18,22,24,29,31H,2-5,10,15-16H2,1H3,(H,30,33)/t17?,22-,24?/m0/s1. The molecule has 1 amide bonds. The summed E-state index contributed by atoms with van der Waals surface area (Å²) in [5.41, 5.74) is 1.94. The Kier molecular flexibility index (Phi) is 5.61. The third-order valence-corrected chi connectivity index (χ3v) is 7.44. The highest BCUT2D eigenvalue weighted by Gasteiger charge is 2.28. The number of ether oxygens (including phenoxy) is 1. The van der Waals surface area contributed by atoms with Crippen LogP contribution in [0.5, 0.6) is 5.75 Å². The first-order chi connectivity index (χ1) is 16.6. The lowest BCUT2D eigenvalue weighted by Gasteiger charge is -2.19. The number of rotatable bonds is 7. The van der Waals surface area contributed by atoms with Crippen LogP contribution in [0.4, 0.5) is 0 Å². The van der Waals surface area contributed by atoms with Crippen molar-refractivity contribution in [1.82, 2.24) is 20.8 Å². The number of nitrogens with zero attached hydrogens (tertiary/aromatic N) is 1. The molecule has 34 heavy (non-hydrogen) atoms. The number of nitrogens with one attached hydrogen (secondary N) is 3. The largest absolute Gasteiger partial charge is 0.492 e. The third kappa shape index (κ3) is 4.34. The van der Waals surface area contributed by atoms with E-state index in [4.69, 9.17) is 4.74 Å². The molecule has 1 aliphatic heterocycles. The molecule has 3 atom stereocenters. The molecule has 1 saturated heterocycles. The van der Waals surface area contributed by atoms with Gasteiger partial charge in [0.1, 0.15) is 12.4 Å². The number of fused-ring (bicyclic) bond motifs is 2. The minimum atomic E-state index is -0.169. The van der Waals surface area contributed by atoms with E-state index in [1.54, 1.807) is 0 Å². The average Bonchev–Trinajstić information content (AvgIpc) is 3.36. The SMILES string of the molecule is CC1C=c2[nH]nc(-c3ccc4cc(OC[C@@H]5CCCN5)ccc4c3)c2=CC1C(=O)NCC1CC1. The van der Waals surface area contributed by atoms with Crippen LogP contribution in [0.25, 0.3) is 34.2 Å². The van der Waals surface area contributed by atoms with Crippen molar-refractivity contribution >= 4 is 28.8 Å². The van der Waals surface area contributed by atoms with Gasteiger partial charge >= 0.3 is 0 Å². The number of H-pyrrole nitrogens is 1. The Morgan fingerprint density at radius 1 is 1.12 bits per heavy atom. The summed E-state index contributed by atoms with van der Waals surface area (Å²) in [5, 5.41) is 18.7. The maximum atomic E-state index is 12.9. The fourth-order valence-electron chi connectivity index (χ4n) is 5.13. The summed E-state index contributed by atoms with van der Waals surface area (Å²) in [6, 6.07) is 13.1. The molecule has 3 aliphatic rings. The van der Waals surface area contributed by atoms with E-state index in [0.717, 1.165) is 51.4 Å². The zero-order valence-corrected chi connectivity index (χ0v) is 19.6. The first kappa shape index (κ1) is 21.4. The minimum Gasteiger partial charge on any atom is -0.492 e. The molecule has 3 aromatic rings. The predicted molar refractivity (Wildman–Crippen MR) is 135 cm³/mol. The van der Waals surface area contributed by atoms with Gasteiger partial charge in [-0.25, -0.2) is 0 Å². The molecule has 6 rings (SSSR count). The van der Waals surface area contributed by atoms with Gasteiger partial charge in [0.05, 0.1) is 17.0 Å². The summed E-state index contributed by atoms with van der Waals surface area (Å²) >= 11 is 0. The number of aromatic amines is 1. The van der Waals surface area contributed by atoms with Gasteiger partial charge in [-0.1, -0.05) is 37.3 Å².